The summed E-state index contributed by atoms with van der Waals surface area (Å²) < 4.78 is 37.0. The first-order chi connectivity index (χ1) is 51.9. The fourth-order valence-electron chi connectivity index (χ4n) is 16.6. The number of thiophene rings is 4. The molecule has 0 N–H and O–H groups in total. The van der Waals surface area contributed by atoms with Gasteiger partial charge in [0, 0.05) is 63.2 Å². The van der Waals surface area contributed by atoms with Crippen LogP contribution in [0.5, 0.6) is 0 Å². The van der Waals surface area contributed by atoms with E-state index >= 15 is 18.4 Å². The number of unbranched alkanes of at least 4 members (excludes halogenated alkanes) is 42. The van der Waals surface area contributed by atoms with Crippen LogP contribution in [0.25, 0.3) is 62.6 Å². The molecule has 0 aliphatic rings. The van der Waals surface area contributed by atoms with E-state index in [1.807, 2.05) is 25.1 Å². The molecule has 7 aromatic rings. The van der Waals surface area contributed by atoms with Crippen LogP contribution in [-0.2, 0) is 25.9 Å². The third-order valence-corrected chi connectivity index (χ3v) is 27.9. The molecule has 7 rings (SSSR count). The van der Waals surface area contributed by atoms with Crippen molar-refractivity contribution in [2.75, 3.05) is 0 Å². The summed E-state index contributed by atoms with van der Waals surface area (Å²) in [5, 5.41) is 0. The van der Waals surface area contributed by atoms with E-state index < -0.39 is 11.6 Å². The lowest BCUT2D eigenvalue weighted by Crippen LogP contribution is -2.28. The first kappa shape index (κ1) is 89.2. The van der Waals surface area contributed by atoms with Gasteiger partial charge in [0.1, 0.15) is 11.6 Å². The molecule has 1 aromatic carbocycles. The lowest BCUT2D eigenvalue weighted by atomic mass is 9.88. The van der Waals surface area contributed by atoms with Crippen molar-refractivity contribution in [1.82, 2.24) is 9.13 Å². The van der Waals surface area contributed by atoms with Crippen molar-refractivity contribution >= 4 is 56.4 Å². The third kappa shape index (κ3) is 31.0. The second-order valence-corrected chi connectivity index (χ2v) is 37.2. The maximum Gasteiger partial charge on any atom is 0.259 e. The quantitative estimate of drug-likeness (QED) is 0.0357. The van der Waals surface area contributed by atoms with Gasteiger partial charge in [-0.25, -0.2) is 8.78 Å². The minimum absolute atomic E-state index is 0.0150. The Morgan fingerprint density at radius 1 is 0.302 bits per heavy atom. The molecular weight excluding hydrogens is 1380 g/mol. The van der Waals surface area contributed by atoms with Crippen LogP contribution < -0.4 is 11.1 Å². The second kappa shape index (κ2) is 53.1. The maximum atomic E-state index is 16.6. The number of rotatable bonds is 63. The summed E-state index contributed by atoms with van der Waals surface area (Å²) in [4.78, 5) is 40.1. The van der Waals surface area contributed by atoms with Gasteiger partial charge in [-0.3, -0.25) is 9.59 Å². The molecule has 4 nitrogen and oxygen atoms in total. The lowest BCUT2D eigenvalue weighted by Gasteiger charge is -2.18. The molecule has 0 fully saturated rings. The Morgan fingerprint density at radius 2 is 0.604 bits per heavy atom. The van der Waals surface area contributed by atoms with E-state index in [0.717, 1.165) is 97.2 Å². The van der Waals surface area contributed by atoms with Crippen molar-refractivity contribution in [3.05, 3.63) is 114 Å². The number of hydrogen-bond donors (Lipinski definition) is 0. The topological polar surface area (TPSA) is 44.0 Å². The molecule has 0 amide bonds. The van der Waals surface area contributed by atoms with Crippen LogP contribution in [0.3, 0.4) is 0 Å². The fourth-order valence-corrected chi connectivity index (χ4v) is 20.9. The third-order valence-electron chi connectivity index (χ3n) is 23.2. The number of hydrogen-bond acceptors (Lipinski definition) is 6. The molecular formula is C96H148F2N2O2S4. The molecule has 0 aliphatic heterocycles. The number of fused-ring (bicyclic) bond motifs is 1. The van der Waals surface area contributed by atoms with Crippen LogP contribution in [0.1, 0.15) is 396 Å². The first-order valence-corrected chi connectivity index (χ1v) is 47.9. The van der Waals surface area contributed by atoms with Crippen LogP contribution in [0.4, 0.5) is 8.78 Å². The van der Waals surface area contributed by atoms with Gasteiger partial charge in [0.25, 0.3) is 11.1 Å². The Bertz CT molecular complexity index is 3610. The van der Waals surface area contributed by atoms with Gasteiger partial charge < -0.3 is 9.13 Å². The number of nitrogens with zero attached hydrogens (tertiary/aromatic N) is 2. The molecule has 106 heavy (non-hydrogen) atoms. The molecule has 0 saturated carbocycles. The van der Waals surface area contributed by atoms with Gasteiger partial charge in [0.2, 0.25) is 0 Å². The highest BCUT2D eigenvalue weighted by Gasteiger charge is 2.26. The van der Waals surface area contributed by atoms with Gasteiger partial charge in [-0.15, -0.1) is 45.3 Å². The average molecular weight is 1530 g/mol. The van der Waals surface area contributed by atoms with E-state index in [0.29, 0.717) is 40.9 Å². The SMILES string of the molecule is CCCCCCCCCCCCC(CCCCCCCCCC)Cc1cc(-c2cc3c(cc(-c4cc(CC(CCCCCCCCCC)CCCCCCCCCCCC)c(-c5ccc(-c6cc(F)c(-c7ccc(C)s7)cc6F)s5)s4)c(=O)n3CCCCCCCC)n(CCCCCCCC)c2=O)sc1C. The van der Waals surface area contributed by atoms with E-state index in [1.165, 1.54) is 346 Å². The molecule has 592 valence electrons. The van der Waals surface area contributed by atoms with Crippen molar-refractivity contribution in [3.8, 4) is 51.5 Å². The minimum Gasteiger partial charge on any atom is -0.306 e. The van der Waals surface area contributed by atoms with Crippen molar-refractivity contribution < 1.29 is 8.78 Å². The number of aromatic nitrogens is 2. The zero-order valence-corrected chi connectivity index (χ0v) is 71.9. The molecule has 2 unspecified atom stereocenters. The summed E-state index contributed by atoms with van der Waals surface area (Å²) in [6.45, 7) is 19.2. The molecule has 0 spiro atoms. The molecule has 6 heterocycles. The van der Waals surface area contributed by atoms with Gasteiger partial charge in [-0.05, 0) is 123 Å². The summed E-state index contributed by atoms with van der Waals surface area (Å²) in [6.07, 6.45) is 68.0. The highest BCUT2D eigenvalue weighted by Crippen LogP contribution is 2.46. The van der Waals surface area contributed by atoms with Crippen molar-refractivity contribution in [1.29, 1.82) is 0 Å². The Hall–Kier alpha value is -3.96. The summed E-state index contributed by atoms with van der Waals surface area (Å²) in [7, 11) is 0. The molecule has 0 bridgehead atoms. The van der Waals surface area contributed by atoms with E-state index in [1.54, 1.807) is 22.7 Å². The summed E-state index contributed by atoms with van der Waals surface area (Å²) >= 11 is 6.51. The van der Waals surface area contributed by atoms with E-state index in [-0.39, 0.29) is 16.7 Å². The van der Waals surface area contributed by atoms with Gasteiger partial charge in [0.05, 0.1) is 22.2 Å². The van der Waals surface area contributed by atoms with Gasteiger partial charge in [0.15, 0.2) is 0 Å². The van der Waals surface area contributed by atoms with Gasteiger partial charge in [-0.2, -0.15) is 0 Å². The van der Waals surface area contributed by atoms with Gasteiger partial charge >= 0.3 is 0 Å². The molecule has 2 atom stereocenters. The summed E-state index contributed by atoms with van der Waals surface area (Å²) in [5.41, 5.74) is 6.44. The van der Waals surface area contributed by atoms with Crippen LogP contribution >= 0.6 is 45.3 Å². The number of halogens is 2. The highest BCUT2D eigenvalue weighted by molar-refractivity contribution is 7.25. The Balaban J connectivity index is 1.31. The number of benzene rings is 1. The largest absolute Gasteiger partial charge is 0.306 e. The van der Waals surface area contributed by atoms with Crippen LogP contribution in [-0.4, -0.2) is 9.13 Å². The van der Waals surface area contributed by atoms with Gasteiger partial charge in [-0.1, -0.05) is 363 Å². The molecule has 0 saturated heterocycles. The van der Waals surface area contributed by atoms with Crippen molar-refractivity contribution in [2.45, 2.75) is 415 Å². The minimum atomic E-state index is -0.426. The van der Waals surface area contributed by atoms with Crippen LogP contribution in [0.2, 0.25) is 0 Å². The second-order valence-electron chi connectivity index (χ2n) is 32.5. The summed E-state index contributed by atoms with van der Waals surface area (Å²) in [6, 6.07) is 19.7. The Labute approximate surface area is 662 Å². The standard InChI is InChI=1S/C96H148F2N2O2S4/c1-9-15-21-27-33-37-39-43-47-52-58-77(57-51-45-41-35-29-23-17-11-3)67-79-69-92(104-76(79)8)83-73-87-88(99(95(83)101)65-55-49-31-25-19-13-5)74-84(96(102)100(87)66-56-50-32-26-20-14-6)93-70-80(68-78(59-53-46-42-36-30-24-18-12-4)60-54-48-44-40-38-34-28-22-16-10-2)94(106-93)91-64-63-90(105-91)82-72-85(97)81(71-86(82)98)89-62-61-75(7)103-89/h61-64,69-74,77-78H,9-60,65-68H2,1-8H3. The van der Waals surface area contributed by atoms with Crippen LogP contribution in [0, 0.1) is 37.3 Å². The van der Waals surface area contributed by atoms with E-state index in [4.69, 9.17) is 0 Å². The predicted octanol–water partition coefficient (Wildman–Crippen LogP) is 33.4. The molecule has 10 heteroatoms. The Morgan fingerprint density at radius 3 is 0.962 bits per heavy atom. The molecule has 0 aliphatic carbocycles. The average Bonchev–Trinajstić information content (AvgIpc) is 1.26. The van der Waals surface area contributed by atoms with Crippen LogP contribution in [0.15, 0.2) is 70.3 Å². The zero-order chi connectivity index (χ0) is 75.4. The van der Waals surface area contributed by atoms with E-state index in [2.05, 4.69) is 87.9 Å². The Kier molecular flexibility index (Phi) is 44.7. The van der Waals surface area contributed by atoms with E-state index in [9.17, 15) is 0 Å². The summed E-state index contributed by atoms with van der Waals surface area (Å²) in [5.74, 6) is 0.262. The lowest BCUT2D eigenvalue weighted by molar-refractivity contribution is 0.399. The normalized spacial score (nSPS) is 12.5. The fraction of sp³-hybridized carbons (Fsp3) is 0.688. The van der Waals surface area contributed by atoms with Crippen molar-refractivity contribution in [2.24, 2.45) is 11.8 Å². The zero-order valence-electron chi connectivity index (χ0n) is 68.6. The predicted molar refractivity (Wildman–Crippen MR) is 469 cm³/mol. The molecule has 6 aromatic heterocycles. The highest BCUT2D eigenvalue weighted by atomic mass is 32.1. The smallest absolute Gasteiger partial charge is 0.259 e. The number of aryl methyl sites for hydroxylation is 4. The molecule has 0 radical (unpaired) electrons. The number of pyridine rings is 2. The maximum absolute atomic E-state index is 16.6. The van der Waals surface area contributed by atoms with Crippen molar-refractivity contribution in [3.63, 3.8) is 0 Å². The monoisotopic (exact) mass is 1530 g/mol. The first-order valence-electron chi connectivity index (χ1n) is 44.6.